The second-order valence-corrected chi connectivity index (χ2v) is 6.70. The van der Waals surface area contributed by atoms with Crippen LogP contribution in [0.3, 0.4) is 0 Å². The molecule has 1 aromatic heterocycles. The van der Waals surface area contributed by atoms with Crippen LogP contribution in [0.15, 0.2) is 29.6 Å². The van der Waals surface area contributed by atoms with Crippen LogP contribution in [0, 0.1) is 6.92 Å². The minimum Gasteiger partial charge on any atom is -0.497 e. The van der Waals surface area contributed by atoms with E-state index < -0.39 is 0 Å². The molecule has 1 atom stereocenters. The number of thiazole rings is 1. The van der Waals surface area contributed by atoms with Gasteiger partial charge in [0.2, 0.25) is 0 Å². The van der Waals surface area contributed by atoms with E-state index in [4.69, 9.17) is 4.74 Å². The number of carbonyl (C=O) groups is 1. The molecular formula is C17H21N3O2S. The Morgan fingerprint density at radius 2 is 2.22 bits per heavy atom. The van der Waals surface area contributed by atoms with Crippen molar-refractivity contribution in [3.05, 3.63) is 45.9 Å². The summed E-state index contributed by atoms with van der Waals surface area (Å²) in [6.07, 6.45) is 2.02. The van der Waals surface area contributed by atoms with Gasteiger partial charge in [-0.05, 0) is 37.5 Å². The standard InChI is InChI=1S/C17H21N3O2S/c1-12-19-14(11-23-12)10-18-17(21)20-9-3-4-16(20)13-5-7-15(22-2)8-6-13/h5-8,11,16H,3-4,9-10H2,1-2H3,(H,18,21). The molecule has 1 N–H and O–H groups in total. The number of rotatable bonds is 4. The quantitative estimate of drug-likeness (QED) is 0.933. The van der Waals surface area contributed by atoms with E-state index in [1.165, 1.54) is 0 Å². The van der Waals surface area contributed by atoms with Crippen LogP contribution >= 0.6 is 11.3 Å². The lowest BCUT2D eigenvalue weighted by atomic mass is 10.0. The largest absolute Gasteiger partial charge is 0.497 e. The SMILES string of the molecule is COc1ccc(C2CCCN2C(=O)NCc2csc(C)n2)cc1. The van der Waals surface area contributed by atoms with Crippen LogP contribution in [0.2, 0.25) is 0 Å². The molecule has 0 radical (unpaired) electrons. The number of ether oxygens (including phenoxy) is 1. The molecule has 0 aliphatic carbocycles. The number of aryl methyl sites for hydroxylation is 1. The molecule has 6 heteroatoms. The van der Waals surface area contributed by atoms with Gasteiger partial charge < -0.3 is 15.0 Å². The molecule has 0 spiro atoms. The third-order valence-corrected chi connectivity index (χ3v) is 4.92. The number of urea groups is 1. The lowest BCUT2D eigenvalue weighted by Gasteiger charge is -2.25. The number of hydrogen-bond acceptors (Lipinski definition) is 4. The zero-order chi connectivity index (χ0) is 16.2. The topological polar surface area (TPSA) is 54.5 Å². The predicted octanol–water partition coefficient (Wildman–Crippen LogP) is 3.51. The fraction of sp³-hybridized carbons (Fsp3) is 0.412. The molecule has 1 aliphatic heterocycles. The van der Waals surface area contributed by atoms with E-state index in [1.54, 1.807) is 18.4 Å². The van der Waals surface area contributed by atoms with Crippen molar-refractivity contribution in [1.82, 2.24) is 15.2 Å². The van der Waals surface area contributed by atoms with Gasteiger partial charge >= 0.3 is 6.03 Å². The first-order chi connectivity index (χ1) is 11.2. The van der Waals surface area contributed by atoms with Crippen LogP contribution in [-0.4, -0.2) is 29.6 Å². The summed E-state index contributed by atoms with van der Waals surface area (Å²) in [4.78, 5) is 18.8. The van der Waals surface area contributed by atoms with E-state index in [1.807, 2.05) is 41.5 Å². The van der Waals surface area contributed by atoms with Gasteiger partial charge in [-0.1, -0.05) is 12.1 Å². The van der Waals surface area contributed by atoms with Gasteiger partial charge in [0, 0.05) is 11.9 Å². The molecule has 1 aliphatic rings. The molecular weight excluding hydrogens is 310 g/mol. The summed E-state index contributed by atoms with van der Waals surface area (Å²) >= 11 is 1.60. The number of benzene rings is 1. The van der Waals surface area contributed by atoms with E-state index in [0.29, 0.717) is 6.54 Å². The predicted molar refractivity (Wildman–Crippen MR) is 90.8 cm³/mol. The van der Waals surface area contributed by atoms with Gasteiger partial charge in [0.1, 0.15) is 5.75 Å². The van der Waals surface area contributed by atoms with Crippen LogP contribution in [0.5, 0.6) is 5.75 Å². The summed E-state index contributed by atoms with van der Waals surface area (Å²) in [6, 6.07) is 8.09. The van der Waals surface area contributed by atoms with Crippen LogP contribution in [0.4, 0.5) is 4.79 Å². The number of amides is 2. The van der Waals surface area contributed by atoms with Crippen molar-refractivity contribution >= 4 is 17.4 Å². The number of likely N-dealkylation sites (tertiary alicyclic amines) is 1. The van der Waals surface area contributed by atoms with Crippen molar-refractivity contribution in [3.8, 4) is 5.75 Å². The fourth-order valence-electron chi connectivity index (χ4n) is 2.94. The Bertz CT molecular complexity index is 669. The number of aromatic nitrogens is 1. The monoisotopic (exact) mass is 331 g/mol. The van der Waals surface area contributed by atoms with E-state index in [2.05, 4.69) is 10.3 Å². The minimum atomic E-state index is -0.0195. The number of carbonyl (C=O) groups excluding carboxylic acids is 1. The first-order valence-electron chi connectivity index (χ1n) is 7.77. The Labute approximate surface area is 140 Å². The molecule has 1 unspecified atom stereocenters. The third kappa shape index (κ3) is 3.64. The summed E-state index contributed by atoms with van der Waals surface area (Å²) in [5, 5.41) is 5.99. The number of nitrogens with one attached hydrogen (secondary N) is 1. The zero-order valence-electron chi connectivity index (χ0n) is 13.4. The van der Waals surface area contributed by atoms with Gasteiger partial charge in [-0.15, -0.1) is 11.3 Å². The highest BCUT2D eigenvalue weighted by Crippen LogP contribution is 2.32. The van der Waals surface area contributed by atoms with Gasteiger partial charge in [0.25, 0.3) is 0 Å². The minimum absolute atomic E-state index is 0.0195. The molecule has 2 heterocycles. The van der Waals surface area contributed by atoms with E-state index in [-0.39, 0.29) is 12.1 Å². The van der Waals surface area contributed by atoms with Crippen LogP contribution in [0.25, 0.3) is 0 Å². The van der Waals surface area contributed by atoms with Crippen LogP contribution in [-0.2, 0) is 6.54 Å². The third-order valence-electron chi connectivity index (χ3n) is 4.10. The first kappa shape index (κ1) is 15.8. The molecule has 5 nitrogen and oxygen atoms in total. The Kier molecular flexibility index (Phi) is 4.81. The summed E-state index contributed by atoms with van der Waals surface area (Å²) in [5.74, 6) is 0.835. The Morgan fingerprint density at radius 3 is 2.87 bits per heavy atom. The van der Waals surface area contributed by atoms with Crippen molar-refractivity contribution in [2.75, 3.05) is 13.7 Å². The van der Waals surface area contributed by atoms with E-state index in [0.717, 1.165) is 41.4 Å². The second-order valence-electron chi connectivity index (χ2n) is 5.64. The molecule has 0 bridgehead atoms. The maximum atomic E-state index is 12.5. The van der Waals surface area contributed by atoms with Crippen LogP contribution in [0.1, 0.15) is 35.1 Å². The highest BCUT2D eigenvalue weighted by atomic mass is 32.1. The van der Waals surface area contributed by atoms with Gasteiger partial charge in [0.15, 0.2) is 0 Å². The van der Waals surface area contributed by atoms with E-state index in [9.17, 15) is 4.79 Å². The summed E-state index contributed by atoms with van der Waals surface area (Å²) in [6.45, 7) is 3.24. The molecule has 3 rings (SSSR count). The average molecular weight is 331 g/mol. The smallest absolute Gasteiger partial charge is 0.318 e. The highest BCUT2D eigenvalue weighted by molar-refractivity contribution is 7.09. The number of hydrogen-bond donors (Lipinski definition) is 1. The molecule has 2 amide bonds. The number of nitrogens with zero attached hydrogens (tertiary/aromatic N) is 2. The molecule has 23 heavy (non-hydrogen) atoms. The fourth-order valence-corrected chi connectivity index (χ4v) is 3.55. The lowest BCUT2D eigenvalue weighted by Crippen LogP contribution is -2.39. The second kappa shape index (κ2) is 7.00. The van der Waals surface area contributed by atoms with Crippen molar-refractivity contribution in [1.29, 1.82) is 0 Å². The molecule has 2 aromatic rings. The van der Waals surface area contributed by atoms with Crippen molar-refractivity contribution in [3.63, 3.8) is 0 Å². The molecule has 1 fully saturated rings. The van der Waals surface area contributed by atoms with Gasteiger partial charge in [-0.2, -0.15) is 0 Å². The molecule has 0 saturated carbocycles. The Balaban J connectivity index is 1.64. The average Bonchev–Trinajstić information content (AvgIpc) is 3.21. The Morgan fingerprint density at radius 1 is 1.43 bits per heavy atom. The Hall–Kier alpha value is -2.08. The van der Waals surface area contributed by atoms with Crippen molar-refractivity contribution in [2.45, 2.75) is 32.4 Å². The zero-order valence-corrected chi connectivity index (χ0v) is 14.2. The maximum absolute atomic E-state index is 12.5. The van der Waals surface area contributed by atoms with Crippen molar-refractivity contribution < 1.29 is 9.53 Å². The van der Waals surface area contributed by atoms with E-state index >= 15 is 0 Å². The van der Waals surface area contributed by atoms with Crippen molar-refractivity contribution in [2.24, 2.45) is 0 Å². The molecule has 122 valence electrons. The number of methoxy groups -OCH3 is 1. The summed E-state index contributed by atoms with van der Waals surface area (Å²) in [5.41, 5.74) is 2.07. The molecule has 1 aromatic carbocycles. The summed E-state index contributed by atoms with van der Waals surface area (Å²) < 4.78 is 5.20. The lowest BCUT2D eigenvalue weighted by molar-refractivity contribution is 0.192. The highest BCUT2D eigenvalue weighted by Gasteiger charge is 2.29. The normalized spacial score (nSPS) is 17.3. The summed E-state index contributed by atoms with van der Waals surface area (Å²) in [7, 11) is 1.66. The first-order valence-corrected chi connectivity index (χ1v) is 8.65. The molecule has 1 saturated heterocycles. The van der Waals surface area contributed by atoms with Crippen LogP contribution < -0.4 is 10.1 Å². The van der Waals surface area contributed by atoms with Gasteiger partial charge in [0.05, 0.1) is 30.4 Å². The van der Waals surface area contributed by atoms with Gasteiger partial charge in [-0.3, -0.25) is 0 Å². The maximum Gasteiger partial charge on any atom is 0.318 e. The van der Waals surface area contributed by atoms with Gasteiger partial charge in [-0.25, -0.2) is 9.78 Å².